The Bertz CT molecular complexity index is 962. The first-order valence-electron chi connectivity index (χ1n) is 9.05. The van der Waals surface area contributed by atoms with Gasteiger partial charge in [-0.25, -0.2) is 4.79 Å². The second-order valence-electron chi connectivity index (χ2n) is 6.53. The molecule has 3 aromatic heterocycles. The Morgan fingerprint density at radius 2 is 2.29 bits per heavy atom. The Hall–Kier alpha value is -3.27. The maximum absolute atomic E-state index is 12.5. The van der Waals surface area contributed by atoms with Crippen LogP contribution in [0.25, 0.3) is 11.3 Å². The van der Waals surface area contributed by atoms with E-state index in [0.717, 1.165) is 12.0 Å². The monoisotopic (exact) mass is 383 g/mol. The first-order valence-corrected chi connectivity index (χ1v) is 9.05. The molecule has 4 rings (SSSR count). The summed E-state index contributed by atoms with van der Waals surface area (Å²) in [6.45, 7) is 3.22. The second kappa shape index (κ2) is 7.77. The third-order valence-corrected chi connectivity index (χ3v) is 4.43. The topological polar surface area (TPSA) is 111 Å². The molecule has 0 bridgehead atoms. The SMILES string of the molecule is CCc1noc(COC2CN(C(=O)Nc3cccnc3-c3cnn(C)c3)C2)n1. The van der Waals surface area contributed by atoms with Crippen LogP contribution in [-0.2, 0) is 24.8 Å². The number of nitrogens with zero attached hydrogens (tertiary/aromatic N) is 6. The molecule has 0 saturated carbocycles. The van der Waals surface area contributed by atoms with Crippen LogP contribution in [0.15, 0.2) is 35.2 Å². The van der Waals surface area contributed by atoms with Gasteiger partial charge in [0.1, 0.15) is 6.61 Å². The molecule has 0 spiro atoms. The molecular weight excluding hydrogens is 362 g/mol. The van der Waals surface area contributed by atoms with Crippen molar-refractivity contribution in [2.75, 3.05) is 18.4 Å². The maximum Gasteiger partial charge on any atom is 0.322 e. The van der Waals surface area contributed by atoms with E-state index in [1.165, 1.54) is 0 Å². The molecule has 1 aliphatic heterocycles. The van der Waals surface area contributed by atoms with E-state index in [1.807, 2.05) is 26.2 Å². The molecule has 0 aliphatic carbocycles. The zero-order chi connectivity index (χ0) is 19.5. The standard InChI is InChI=1S/C18H21N7O3/c1-3-15-22-16(28-23-15)11-27-13-9-25(10-13)18(26)21-14-5-4-6-19-17(14)12-7-20-24(2)8-12/h4-8,13H,3,9-11H2,1-2H3,(H,21,26). The Labute approximate surface area is 161 Å². The van der Waals surface area contributed by atoms with E-state index in [9.17, 15) is 4.79 Å². The molecule has 28 heavy (non-hydrogen) atoms. The van der Waals surface area contributed by atoms with E-state index in [2.05, 4.69) is 25.5 Å². The number of anilines is 1. The minimum absolute atomic E-state index is 0.0468. The number of hydrogen-bond acceptors (Lipinski definition) is 7. The summed E-state index contributed by atoms with van der Waals surface area (Å²) in [6, 6.07) is 3.41. The lowest BCUT2D eigenvalue weighted by Gasteiger charge is -2.38. The predicted molar refractivity (Wildman–Crippen MR) is 99.3 cm³/mol. The normalized spacial score (nSPS) is 14.1. The number of urea groups is 1. The molecule has 146 valence electrons. The lowest BCUT2D eigenvalue weighted by molar-refractivity contribution is -0.0496. The number of hydrogen-bond donors (Lipinski definition) is 1. The molecule has 2 amide bonds. The number of pyridine rings is 1. The van der Waals surface area contributed by atoms with E-state index in [-0.39, 0.29) is 18.7 Å². The van der Waals surface area contributed by atoms with Crippen molar-refractivity contribution >= 4 is 11.7 Å². The molecule has 10 nitrogen and oxygen atoms in total. The Kier molecular flexibility index (Phi) is 5.02. The van der Waals surface area contributed by atoms with Crippen LogP contribution in [0.5, 0.6) is 0 Å². The Balaban J connectivity index is 1.30. The number of aryl methyl sites for hydroxylation is 2. The fourth-order valence-electron chi connectivity index (χ4n) is 2.86. The molecule has 1 fully saturated rings. The van der Waals surface area contributed by atoms with Crippen LogP contribution >= 0.6 is 0 Å². The minimum Gasteiger partial charge on any atom is -0.365 e. The van der Waals surface area contributed by atoms with Crippen molar-refractivity contribution < 1.29 is 14.1 Å². The summed E-state index contributed by atoms with van der Waals surface area (Å²) in [5.74, 6) is 1.12. The second-order valence-corrected chi connectivity index (χ2v) is 6.53. The van der Waals surface area contributed by atoms with Gasteiger partial charge in [0, 0.05) is 31.4 Å². The van der Waals surface area contributed by atoms with Crippen LogP contribution in [0.4, 0.5) is 10.5 Å². The maximum atomic E-state index is 12.5. The van der Waals surface area contributed by atoms with Crippen molar-refractivity contribution in [3.63, 3.8) is 0 Å². The number of carbonyl (C=O) groups is 1. The van der Waals surface area contributed by atoms with Gasteiger partial charge < -0.3 is 19.5 Å². The molecular formula is C18H21N7O3. The van der Waals surface area contributed by atoms with Crippen LogP contribution in [-0.4, -0.2) is 55.0 Å². The molecule has 1 saturated heterocycles. The lowest BCUT2D eigenvalue weighted by Crippen LogP contribution is -2.56. The van der Waals surface area contributed by atoms with E-state index in [1.54, 1.807) is 28.0 Å². The van der Waals surface area contributed by atoms with Crippen molar-refractivity contribution in [1.29, 1.82) is 0 Å². The van der Waals surface area contributed by atoms with Gasteiger partial charge in [-0.2, -0.15) is 10.1 Å². The van der Waals surface area contributed by atoms with Crippen molar-refractivity contribution in [3.05, 3.63) is 42.4 Å². The molecule has 0 unspecified atom stereocenters. The summed E-state index contributed by atoms with van der Waals surface area (Å²) in [7, 11) is 1.84. The lowest BCUT2D eigenvalue weighted by atomic mass is 10.1. The highest BCUT2D eigenvalue weighted by Gasteiger charge is 2.32. The number of carbonyl (C=O) groups excluding carboxylic acids is 1. The molecule has 1 N–H and O–H groups in total. The van der Waals surface area contributed by atoms with Crippen LogP contribution in [0, 0.1) is 0 Å². The third kappa shape index (κ3) is 3.86. The van der Waals surface area contributed by atoms with Crippen LogP contribution in [0.2, 0.25) is 0 Å². The van der Waals surface area contributed by atoms with Gasteiger partial charge in [-0.1, -0.05) is 12.1 Å². The fourth-order valence-corrected chi connectivity index (χ4v) is 2.86. The molecule has 0 aromatic carbocycles. The summed E-state index contributed by atoms with van der Waals surface area (Å²) in [5.41, 5.74) is 2.16. The van der Waals surface area contributed by atoms with Gasteiger partial charge in [0.05, 0.1) is 36.8 Å². The van der Waals surface area contributed by atoms with Gasteiger partial charge in [-0.3, -0.25) is 9.67 Å². The average molecular weight is 383 g/mol. The number of amides is 2. The number of aromatic nitrogens is 5. The Morgan fingerprint density at radius 1 is 1.43 bits per heavy atom. The van der Waals surface area contributed by atoms with E-state index in [4.69, 9.17) is 9.26 Å². The molecule has 1 aliphatic rings. The highest BCUT2D eigenvalue weighted by Crippen LogP contribution is 2.25. The van der Waals surface area contributed by atoms with Crippen LogP contribution < -0.4 is 5.32 Å². The summed E-state index contributed by atoms with van der Waals surface area (Å²) in [5, 5.41) is 10.9. The van der Waals surface area contributed by atoms with Crippen LogP contribution in [0.3, 0.4) is 0 Å². The molecule has 4 heterocycles. The zero-order valence-electron chi connectivity index (χ0n) is 15.7. The largest absolute Gasteiger partial charge is 0.365 e. The van der Waals surface area contributed by atoms with Crippen molar-refractivity contribution in [2.45, 2.75) is 26.1 Å². The number of likely N-dealkylation sites (tertiary alicyclic amines) is 1. The smallest absolute Gasteiger partial charge is 0.322 e. The molecule has 0 radical (unpaired) electrons. The summed E-state index contributed by atoms with van der Waals surface area (Å²) < 4.78 is 12.5. The summed E-state index contributed by atoms with van der Waals surface area (Å²) in [4.78, 5) is 22.8. The van der Waals surface area contributed by atoms with Gasteiger partial charge >= 0.3 is 6.03 Å². The fraction of sp³-hybridized carbons (Fsp3) is 0.389. The van der Waals surface area contributed by atoms with Crippen molar-refractivity contribution in [1.82, 2.24) is 29.8 Å². The number of nitrogens with one attached hydrogen (secondary N) is 1. The summed E-state index contributed by atoms with van der Waals surface area (Å²) in [6.07, 6.45) is 5.93. The Morgan fingerprint density at radius 3 is 3.00 bits per heavy atom. The zero-order valence-corrected chi connectivity index (χ0v) is 15.7. The average Bonchev–Trinajstić information content (AvgIpc) is 3.29. The van der Waals surface area contributed by atoms with Gasteiger partial charge in [0.15, 0.2) is 5.82 Å². The molecule has 3 aromatic rings. The molecule has 0 atom stereocenters. The van der Waals surface area contributed by atoms with Gasteiger partial charge in [0.25, 0.3) is 5.89 Å². The van der Waals surface area contributed by atoms with E-state index >= 15 is 0 Å². The number of rotatable bonds is 6. The summed E-state index contributed by atoms with van der Waals surface area (Å²) >= 11 is 0. The highest BCUT2D eigenvalue weighted by atomic mass is 16.5. The first kappa shape index (κ1) is 18.1. The van der Waals surface area contributed by atoms with Gasteiger partial charge in [0.2, 0.25) is 0 Å². The molecule has 10 heteroatoms. The minimum atomic E-state index is -0.191. The quantitative estimate of drug-likeness (QED) is 0.691. The third-order valence-electron chi connectivity index (χ3n) is 4.43. The number of ether oxygens (including phenoxy) is 1. The van der Waals surface area contributed by atoms with Crippen LogP contribution in [0.1, 0.15) is 18.6 Å². The van der Waals surface area contributed by atoms with Gasteiger partial charge in [-0.05, 0) is 12.1 Å². The van der Waals surface area contributed by atoms with E-state index < -0.39 is 0 Å². The van der Waals surface area contributed by atoms with Gasteiger partial charge in [-0.15, -0.1) is 0 Å². The van der Waals surface area contributed by atoms with E-state index in [0.29, 0.717) is 36.2 Å². The first-order chi connectivity index (χ1) is 13.6. The van der Waals surface area contributed by atoms with Crippen molar-refractivity contribution in [3.8, 4) is 11.3 Å². The van der Waals surface area contributed by atoms with Crippen molar-refractivity contribution in [2.24, 2.45) is 7.05 Å². The highest BCUT2D eigenvalue weighted by molar-refractivity contribution is 5.93. The predicted octanol–water partition coefficient (Wildman–Crippen LogP) is 1.86.